The predicted molar refractivity (Wildman–Crippen MR) is 75.0 cm³/mol. The summed E-state index contributed by atoms with van der Waals surface area (Å²) in [6.07, 6.45) is 0. The number of halogens is 3. The lowest BCUT2D eigenvalue weighted by molar-refractivity contribution is 0.572. The van der Waals surface area contributed by atoms with Crippen LogP contribution in [0.1, 0.15) is 5.56 Å². The minimum Gasteiger partial charge on any atom is -0.398 e. The third-order valence-electron chi connectivity index (χ3n) is 2.50. The van der Waals surface area contributed by atoms with E-state index in [1.165, 1.54) is 0 Å². The van der Waals surface area contributed by atoms with Gasteiger partial charge in [0.2, 0.25) is 0 Å². The van der Waals surface area contributed by atoms with Gasteiger partial charge in [-0.1, -0.05) is 6.07 Å². The fraction of sp³-hybridized carbons (Fsp3) is 0.0769. The summed E-state index contributed by atoms with van der Waals surface area (Å²) in [7, 11) is -1.66. The smallest absolute Gasteiger partial charge is 0.139 e. The third kappa shape index (κ3) is 3.39. The third-order valence-corrected chi connectivity index (χ3v) is 4.62. The SMILES string of the molecule is Nc1cc(CS(=O)c2cc(F)ccc2F)ccc1Br. The minimum absolute atomic E-state index is 0.0812. The van der Waals surface area contributed by atoms with Gasteiger partial charge in [0.15, 0.2) is 0 Å². The zero-order chi connectivity index (χ0) is 14.0. The number of hydrogen-bond donors (Lipinski definition) is 1. The Bertz CT molecular complexity index is 649. The summed E-state index contributed by atoms with van der Waals surface area (Å²) in [5.74, 6) is -1.21. The highest BCUT2D eigenvalue weighted by Crippen LogP contribution is 2.23. The number of rotatable bonds is 3. The molecule has 0 radical (unpaired) electrons. The molecule has 0 fully saturated rings. The van der Waals surface area contributed by atoms with Crippen LogP contribution < -0.4 is 5.73 Å². The van der Waals surface area contributed by atoms with Crippen LogP contribution in [0.15, 0.2) is 45.8 Å². The molecule has 2 rings (SSSR count). The standard InChI is InChI=1S/C13H10BrF2NOS/c14-10-3-1-8(5-12(10)17)7-19(18)13-6-9(15)2-4-11(13)16/h1-6H,7,17H2. The van der Waals surface area contributed by atoms with Gasteiger partial charge in [-0.25, -0.2) is 8.78 Å². The van der Waals surface area contributed by atoms with Gasteiger partial charge in [-0.2, -0.15) is 0 Å². The molecule has 1 atom stereocenters. The van der Waals surface area contributed by atoms with Crippen molar-refractivity contribution in [1.29, 1.82) is 0 Å². The second kappa shape index (κ2) is 5.79. The first-order chi connectivity index (χ1) is 8.97. The van der Waals surface area contributed by atoms with Gasteiger partial charge in [0.1, 0.15) is 11.6 Å². The molecular formula is C13H10BrF2NOS. The molecule has 0 saturated carbocycles. The molecule has 0 aromatic heterocycles. The zero-order valence-electron chi connectivity index (χ0n) is 9.70. The lowest BCUT2D eigenvalue weighted by atomic mass is 10.2. The Kier molecular flexibility index (Phi) is 4.31. The molecule has 0 saturated heterocycles. The van der Waals surface area contributed by atoms with Crippen molar-refractivity contribution in [2.45, 2.75) is 10.6 Å². The molecular weight excluding hydrogens is 336 g/mol. The van der Waals surface area contributed by atoms with Crippen molar-refractivity contribution in [3.63, 3.8) is 0 Å². The number of nitrogens with two attached hydrogens (primary N) is 1. The highest BCUT2D eigenvalue weighted by atomic mass is 79.9. The van der Waals surface area contributed by atoms with Crippen molar-refractivity contribution in [2.24, 2.45) is 0 Å². The van der Waals surface area contributed by atoms with Gasteiger partial charge < -0.3 is 5.73 Å². The van der Waals surface area contributed by atoms with E-state index in [0.717, 1.165) is 22.7 Å². The van der Waals surface area contributed by atoms with Crippen molar-refractivity contribution < 1.29 is 13.0 Å². The first-order valence-electron chi connectivity index (χ1n) is 5.34. The highest BCUT2D eigenvalue weighted by Gasteiger charge is 2.12. The van der Waals surface area contributed by atoms with E-state index >= 15 is 0 Å². The van der Waals surface area contributed by atoms with E-state index in [1.807, 2.05) is 0 Å². The van der Waals surface area contributed by atoms with Crippen molar-refractivity contribution in [3.05, 3.63) is 58.1 Å². The minimum atomic E-state index is -1.66. The van der Waals surface area contributed by atoms with Crippen LogP contribution in [0.3, 0.4) is 0 Å². The molecule has 0 spiro atoms. The van der Waals surface area contributed by atoms with Crippen LogP contribution in [-0.4, -0.2) is 4.21 Å². The molecule has 19 heavy (non-hydrogen) atoms. The molecule has 1 unspecified atom stereocenters. The summed E-state index contributed by atoms with van der Waals surface area (Å²) < 4.78 is 39.3. The van der Waals surface area contributed by atoms with E-state index in [-0.39, 0.29) is 10.6 Å². The molecule has 100 valence electrons. The molecule has 6 heteroatoms. The molecule has 0 aliphatic rings. The largest absolute Gasteiger partial charge is 0.398 e. The van der Waals surface area contributed by atoms with E-state index in [4.69, 9.17) is 5.73 Å². The average Bonchev–Trinajstić information content (AvgIpc) is 2.36. The topological polar surface area (TPSA) is 43.1 Å². The van der Waals surface area contributed by atoms with Crippen molar-refractivity contribution >= 4 is 32.4 Å². The Hall–Kier alpha value is -1.27. The Morgan fingerprint density at radius 3 is 2.58 bits per heavy atom. The van der Waals surface area contributed by atoms with Gasteiger partial charge in [0.25, 0.3) is 0 Å². The highest BCUT2D eigenvalue weighted by molar-refractivity contribution is 9.10. The maximum atomic E-state index is 13.5. The Morgan fingerprint density at radius 2 is 1.89 bits per heavy atom. The van der Waals surface area contributed by atoms with Crippen LogP contribution in [0.25, 0.3) is 0 Å². The zero-order valence-corrected chi connectivity index (χ0v) is 12.1. The number of nitrogen functional groups attached to an aromatic ring is 1. The summed E-state index contributed by atoms with van der Waals surface area (Å²) in [6.45, 7) is 0. The normalized spacial score (nSPS) is 12.4. The Labute approximate surface area is 120 Å². The van der Waals surface area contributed by atoms with E-state index in [1.54, 1.807) is 18.2 Å². The number of anilines is 1. The van der Waals surface area contributed by atoms with Crippen LogP contribution in [0.4, 0.5) is 14.5 Å². The quantitative estimate of drug-likeness (QED) is 0.863. The summed E-state index contributed by atoms with van der Waals surface area (Å²) in [5.41, 5.74) is 6.91. The fourth-order valence-electron chi connectivity index (χ4n) is 1.56. The molecule has 2 N–H and O–H groups in total. The molecule has 2 nitrogen and oxygen atoms in total. The van der Waals surface area contributed by atoms with Crippen molar-refractivity contribution in [3.8, 4) is 0 Å². The first-order valence-corrected chi connectivity index (χ1v) is 7.46. The number of hydrogen-bond acceptors (Lipinski definition) is 2. The monoisotopic (exact) mass is 345 g/mol. The van der Waals surface area contributed by atoms with Gasteiger partial charge in [0, 0.05) is 10.2 Å². The van der Waals surface area contributed by atoms with Crippen LogP contribution in [0.5, 0.6) is 0 Å². The van der Waals surface area contributed by atoms with Gasteiger partial charge in [0.05, 0.1) is 21.4 Å². The lowest BCUT2D eigenvalue weighted by Gasteiger charge is -2.06. The second-order valence-electron chi connectivity index (χ2n) is 3.92. The van der Waals surface area contributed by atoms with E-state index in [9.17, 15) is 13.0 Å². The molecule has 0 bridgehead atoms. The molecule has 0 amide bonds. The maximum Gasteiger partial charge on any atom is 0.139 e. The predicted octanol–water partition coefficient (Wildman–Crippen LogP) is 3.62. The fourth-order valence-corrected chi connectivity index (χ4v) is 2.98. The van der Waals surface area contributed by atoms with E-state index < -0.39 is 22.4 Å². The van der Waals surface area contributed by atoms with Gasteiger partial charge in [-0.05, 0) is 51.8 Å². The molecule has 0 aliphatic carbocycles. The summed E-state index contributed by atoms with van der Waals surface area (Å²) in [6, 6.07) is 8.03. The number of benzene rings is 2. The average molecular weight is 346 g/mol. The molecule has 2 aromatic rings. The lowest BCUT2D eigenvalue weighted by Crippen LogP contribution is -2.01. The Morgan fingerprint density at radius 1 is 1.16 bits per heavy atom. The second-order valence-corrected chi connectivity index (χ2v) is 6.19. The van der Waals surface area contributed by atoms with Gasteiger partial charge in [-0.3, -0.25) is 4.21 Å². The van der Waals surface area contributed by atoms with Gasteiger partial charge in [-0.15, -0.1) is 0 Å². The summed E-state index contributed by atoms with van der Waals surface area (Å²) in [5, 5.41) is 0. The van der Waals surface area contributed by atoms with Crippen LogP contribution in [0.2, 0.25) is 0 Å². The summed E-state index contributed by atoms with van der Waals surface area (Å²) in [4.78, 5) is -0.138. The van der Waals surface area contributed by atoms with Crippen LogP contribution in [-0.2, 0) is 16.6 Å². The van der Waals surface area contributed by atoms with Crippen molar-refractivity contribution in [1.82, 2.24) is 0 Å². The first kappa shape index (κ1) is 14.1. The van der Waals surface area contributed by atoms with Crippen LogP contribution in [0, 0.1) is 11.6 Å². The molecule has 0 heterocycles. The summed E-state index contributed by atoms with van der Waals surface area (Å²) >= 11 is 3.25. The van der Waals surface area contributed by atoms with E-state index in [2.05, 4.69) is 15.9 Å². The van der Waals surface area contributed by atoms with Gasteiger partial charge >= 0.3 is 0 Å². The Balaban J connectivity index is 2.25. The van der Waals surface area contributed by atoms with E-state index in [0.29, 0.717) is 11.3 Å². The van der Waals surface area contributed by atoms with Crippen LogP contribution >= 0.6 is 15.9 Å². The molecule has 2 aromatic carbocycles. The maximum absolute atomic E-state index is 13.5. The molecule has 0 aliphatic heterocycles. The van der Waals surface area contributed by atoms with Crippen molar-refractivity contribution in [2.75, 3.05) is 5.73 Å².